The van der Waals surface area contributed by atoms with Crippen molar-refractivity contribution in [3.8, 4) is 17.2 Å². The Morgan fingerprint density at radius 2 is 1.76 bits per heavy atom. The van der Waals surface area contributed by atoms with E-state index in [1.54, 1.807) is 20.3 Å². The van der Waals surface area contributed by atoms with E-state index in [1.807, 2.05) is 30.3 Å². The van der Waals surface area contributed by atoms with Crippen LogP contribution in [0, 0.1) is 0 Å². The van der Waals surface area contributed by atoms with Crippen molar-refractivity contribution in [2.45, 2.75) is 13.2 Å². The first-order valence-electron chi connectivity index (χ1n) is 6.50. The van der Waals surface area contributed by atoms with Gasteiger partial charge in [-0.25, -0.2) is 0 Å². The lowest BCUT2D eigenvalue weighted by Gasteiger charge is -2.13. The molecule has 0 aromatic heterocycles. The van der Waals surface area contributed by atoms with Crippen molar-refractivity contribution in [2.24, 2.45) is 5.73 Å². The molecule has 0 aliphatic heterocycles. The number of hydrogen-bond acceptors (Lipinski definition) is 4. The van der Waals surface area contributed by atoms with Gasteiger partial charge in [-0.15, -0.1) is 0 Å². The summed E-state index contributed by atoms with van der Waals surface area (Å²) < 4.78 is 16.3. The summed E-state index contributed by atoms with van der Waals surface area (Å²) in [4.78, 5) is 0. The van der Waals surface area contributed by atoms with E-state index < -0.39 is 0 Å². The van der Waals surface area contributed by atoms with E-state index in [0.717, 1.165) is 11.1 Å². The van der Waals surface area contributed by atoms with Gasteiger partial charge in [-0.1, -0.05) is 23.7 Å². The van der Waals surface area contributed by atoms with Gasteiger partial charge in [-0.3, -0.25) is 0 Å². The second kappa shape index (κ2) is 7.20. The molecule has 0 aliphatic carbocycles. The van der Waals surface area contributed by atoms with E-state index in [9.17, 15) is 0 Å². The van der Waals surface area contributed by atoms with Crippen LogP contribution in [0.25, 0.3) is 0 Å². The van der Waals surface area contributed by atoms with Crippen LogP contribution in [0.3, 0.4) is 0 Å². The van der Waals surface area contributed by atoms with Gasteiger partial charge in [0.05, 0.1) is 14.2 Å². The summed E-state index contributed by atoms with van der Waals surface area (Å²) in [5, 5.41) is 0.613. The average Bonchev–Trinajstić information content (AvgIpc) is 2.52. The van der Waals surface area contributed by atoms with Crippen LogP contribution in [0.15, 0.2) is 36.4 Å². The minimum absolute atomic E-state index is 0.334. The summed E-state index contributed by atoms with van der Waals surface area (Å²) in [5.41, 5.74) is 7.48. The predicted molar refractivity (Wildman–Crippen MR) is 83.2 cm³/mol. The van der Waals surface area contributed by atoms with E-state index >= 15 is 0 Å². The quantitative estimate of drug-likeness (QED) is 0.888. The summed E-state index contributed by atoms with van der Waals surface area (Å²) in [6.07, 6.45) is 0. The lowest BCUT2D eigenvalue weighted by Crippen LogP contribution is -2.03. The molecule has 0 unspecified atom stereocenters. The van der Waals surface area contributed by atoms with E-state index in [2.05, 4.69) is 0 Å². The highest BCUT2D eigenvalue weighted by Crippen LogP contribution is 2.29. The van der Waals surface area contributed by atoms with Gasteiger partial charge in [-0.05, 0) is 29.8 Å². The van der Waals surface area contributed by atoms with Gasteiger partial charge in [0.1, 0.15) is 12.4 Å². The Hall–Kier alpha value is -1.91. The van der Waals surface area contributed by atoms with E-state index in [1.165, 1.54) is 0 Å². The van der Waals surface area contributed by atoms with Crippen molar-refractivity contribution in [2.75, 3.05) is 14.2 Å². The average molecular weight is 308 g/mol. The largest absolute Gasteiger partial charge is 0.493 e. The standard InChI is InChI=1S/C16H18ClNO3/c1-19-15-7-6-11(8-16(15)20-2)10-21-14-5-3-4-13(17)12(14)9-18/h3-8H,9-10,18H2,1-2H3. The Balaban J connectivity index is 2.15. The molecular weight excluding hydrogens is 290 g/mol. The molecule has 0 amide bonds. The fraction of sp³-hybridized carbons (Fsp3) is 0.250. The Bertz CT molecular complexity index is 616. The fourth-order valence-electron chi connectivity index (χ4n) is 2.00. The third kappa shape index (κ3) is 3.60. The molecule has 0 spiro atoms. The van der Waals surface area contributed by atoms with Gasteiger partial charge < -0.3 is 19.9 Å². The van der Waals surface area contributed by atoms with Crippen LogP contribution in [0.1, 0.15) is 11.1 Å². The molecular formula is C16H18ClNO3. The normalized spacial score (nSPS) is 10.3. The van der Waals surface area contributed by atoms with Gasteiger partial charge in [0.25, 0.3) is 0 Å². The minimum Gasteiger partial charge on any atom is -0.493 e. The highest BCUT2D eigenvalue weighted by Gasteiger charge is 2.08. The number of methoxy groups -OCH3 is 2. The fourth-order valence-corrected chi connectivity index (χ4v) is 2.25. The number of nitrogens with two attached hydrogens (primary N) is 1. The number of halogens is 1. The number of rotatable bonds is 6. The molecule has 2 aromatic carbocycles. The molecule has 112 valence electrons. The van der Waals surface area contributed by atoms with Crippen LogP contribution in [0.4, 0.5) is 0 Å². The molecule has 0 saturated carbocycles. The third-order valence-electron chi connectivity index (χ3n) is 3.12. The summed E-state index contributed by atoms with van der Waals surface area (Å²) in [7, 11) is 3.21. The SMILES string of the molecule is COc1ccc(COc2cccc(Cl)c2CN)cc1OC. The molecule has 0 aliphatic rings. The van der Waals surface area contributed by atoms with Crippen LogP contribution in [-0.4, -0.2) is 14.2 Å². The van der Waals surface area contributed by atoms with Crippen molar-refractivity contribution in [3.63, 3.8) is 0 Å². The van der Waals surface area contributed by atoms with Gasteiger partial charge in [0.2, 0.25) is 0 Å². The van der Waals surface area contributed by atoms with Crippen molar-refractivity contribution < 1.29 is 14.2 Å². The molecule has 2 aromatic rings. The minimum atomic E-state index is 0.334. The van der Waals surface area contributed by atoms with Crippen LogP contribution in [0.2, 0.25) is 5.02 Å². The first-order valence-corrected chi connectivity index (χ1v) is 6.88. The maximum absolute atomic E-state index is 6.10. The van der Waals surface area contributed by atoms with E-state index in [0.29, 0.717) is 35.4 Å². The molecule has 5 heteroatoms. The Morgan fingerprint density at radius 1 is 1.00 bits per heavy atom. The van der Waals surface area contributed by atoms with Gasteiger partial charge in [0, 0.05) is 17.1 Å². The van der Waals surface area contributed by atoms with Gasteiger partial charge >= 0.3 is 0 Å². The lowest BCUT2D eigenvalue weighted by molar-refractivity contribution is 0.301. The van der Waals surface area contributed by atoms with E-state index in [4.69, 9.17) is 31.5 Å². The van der Waals surface area contributed by atoms with Gasteiger partial charge in [0.15, 0.2) is 11.5 Å². The molecule has 0 fully saturated rings. The summed E-state index contributed by atoms with van der Waals surface area (Å²) >= 11 is 6.10. The zero-order valence-corrected chi connectivity index (χ0v) is 12.8. The lowest BCUT2D eigenvalue weighted by atomic mass is 10.2. The number of benzene rings is 2. The van der Waals surface area contributed by atoms with Crippen LogP contribution in [-0.2, 0) is 13.2 Å². The second-order valence-electron chi connectivity index (χ2n) is 4.40. The molecule has 2 N–H and O–H groups in total. The Kier molecular flexibility index (Phi) is 5.31. The zero-order chi connectivity index (χ0) is 15.2. The van der Waals surface area contributed by atoms with Crippen LogP contribution >= 0.6 is 11.6 Å². The van der Waals surface area contributed by atoms with Crippen molar-refractivity contribution in [1.29, 1.82) is 0 Å². The summed E-state index contributed by atoms with van der Waals surface area (Å²) in [5.74, 6) is 2.05. The maximum Gasteiger partial charge on any atom is 0.161 e. The zero-order valence-electron chi connectivity index (χ0n) is 12.1. The topological polar surface area (TPSA) is 53.7 Å². The number of hydrogen-bond donors (Lipinski definition) is 1. The smallest absolute Gasteiger partial charge is 0.161 e. The molecule has 4 nitrogen and oxygen atoms in total. The molecule has 21 heavy (non-hydrogen) atoms. The van der Waals surface area contributed by atoms with E-state index in [-0.39, 0.29) is 0 Å². The molecule has 0 atom stereocenters. The van der Waals surface area contributed by atoms with Crippen LogP contribution in [0.5, 0.6) is 17.2 Å². The second-order valence-corrected chi connectivity index (χ2v) is 4.81. The first kappa shape index (κ1) is 15.5. The van der Waals surface area contributed by atoms with Gasteiger partial charge in [-0.2, -0.15) is 0 Å². The monoisotopic (exact) mass is 307 g/mol. The molecule has 0 saturated heterocycles. The van der Waals surface area contributed by atoms with Crippen molar-refractivity contribution in [3.05, 3.63) is 52.5 Å². The molecule has 0 radical (unpaired) electrons. The molecule has 0 bridgehead atoms. The molecule has 0 heterocycles. The Morgan fingerprint density at radius 3 is 2.43 bits per heavy atom. The van der Waals surface area contributed by atoms with Crippen molar-refractivity contribution in [1.82, 2.24) is 0 Å². The summed E-state index contributed by atoms with van der Waals surface area (Å²) in [6, 6.07) is 11.1. The number of ether oxygens (including phenoxy) is 3. The first-order chi connectivity index (χ1) is 10.2. The van der Waals surface area contributed by atoms with Crippen LogP contribution < -0.4 is 19.9 Å². The molecule has 2 rings (SSSR count). The third-order valence-corrected chi connectivity index (χ3v) is 3.48. The van der Waals surface area contributed by atoms with Crippen molar-refractivity contribution >= 4 is 11.6 Å². The summed E-state index contributed by atoms with van der Waals surface area (Å²) in [6.45, 7) is 0.731. The highest BCUT2D eigenvalue weighted by atomic mass is 35.5. The Labute approximate surface area is 129 Å². The highest BCUT2D eigenvalue weighted by molar-refractivity contribution is 6.31. The maximum atomic E-state index is 6.10. The predicted octanol–water partition coefficient (Wildman–Crippen LogP) is 3.39.